The number of hydrogen-bond acceptors (Lipinski definition) is 4. The van der Waals surface area contributed by atoms with E-state index >= 15 is 0 Å². The molecule has 0 bridgehead atoms. The highest BCUT2D eigenvalue weighted by Gasteiger charge is 2.20. The minimum absolute atomic E-state index is 0.0309. The average Bonchev–Trinajstić information content (AvgIpc) is 2.99. The monoisotopic (exact) mass is 473 g/mol. The number of ether oxygens (including phenoxy) is 1. The Hall–Kier alpha value is -2.38. The summed E-state index contributed by atoms with van der Waals surface area (Å²) < 4.78 is 6.15. The minimum atomic E-state index is -0.0309. The fourth-order valence-corrected chi connectivity index (χ4v) is 3.78. The molecule has 3 rings (SSSR count). The number of amides is 2. The Balaban J connectivity index is 1.42. The highest BCUT2D eigenvalue weighted by atomic mass is 79.9. The molecule has 0 saturated carbocycles. The van der Waals surface area contributed by atoms with Gasteiger partial charge in [-0.3, -0.25) is 14.5 Å². The molecule has 1 saturated heterocycles. The van der Waals surface area contributed by atoms with Crippen molar-refractivity contribution in [2.75, 3.05) is 45.2 Å². The lowest BCUT2D eigenvalue weighted by Gasteiger charge is -2.22. The van der Waals surface area contributed by atoms with Gasteiger partial charge in [-0.15, -0.1) is 0 Å². The Morgan fingerprint density at radius 1 is 1.00 bits per heavy atom. The van der Waals surface area contributed by atoms with Gasteiger partial charge in [-0.05, 0) is 54.8 Å². The third kappa shape index (κ3) is 6.85. The third-order valence-electron chi connectivity index (χ3n) is 5.22. The van der Waals surface area contributed by atoms with Crippen LogP contribution in [0.15, 0.2) is 53.0 Å². The summed E-state index contributed by atoms with van der Waals surface area (Å²) in [5.74, 6) is 0.963. The van der Waals surface area contributed by atoms with E-state index in [0.717, 1.165) is 47.4 Å². The quantitative estimate of drug-likeness (QED) is 0.667. The van der Waals surface area contributed by atoms with Crippen molar-refractivity contribution in [3.8, 4) is 5.75 Å². The van der Waals surface area contributed by atoms with Gasteiger partial charge in [0.15, 0.2) is 0 Å². The zero-order valence-corrected chi connectivity index (χ0v) is 18.9. The fraction of sp³-hybridized carbons (Fsp3) is 0.391. The van der Waals surface area contributed by atoms with Crippen LogP contribution in [0.4, 0.5) is 5.69 Å². The molecule has 0 spiro atoms. The lowest BCUT2D eigenvalue weighted by molar-refractivity contribution is -0.131. The SMILES string of the molecule is COc1ccc(CCC(=O)N2CCCN(CC(=O)Nc3ccc(Br)cc3)CC2)cc1. The molecule has 0 aliphatic carbocycles. The summed E-state index contributed by atoms with van der Waals surface area (Å²) in [6.07, 6.45) is 2.09. The van der Waals surface area contributed by atoms with Crippen molar-refractivity contribution in [2.24, 2.45) is 0 Å². The molecule has 2 aromatic rings. The molecule has 1 N–H and O–H groups in total. The number of anilines is 1. The van der Waals surface area contributed by atoms with Gasteiger partial charge in [0, 0.05) is 42.8 Å². The van der Waals surface area contributed by atoms with Crippen LogP contribution < -0.4 is 10.1 Å². The van der Waals surface area contributed by atoms with E-state index < -0.39 is 0 Å². The van der Waals surface area contributed by atoms with E-state index in [9.17, 15) is 9.59 Å². The van der Waals surface area contributed by atoms with E-state index in [1.54, 1.807) is 7.11 Å². The predicted molar refractivity (Wildman–Crippen MR) is 122 cm³/mol. The molecule has 2 aromatic carbocycles. The lowest BCUT2D eigenvalue weighted by Crippen LogP contribution is -2.38. The second-order valence-corrected chi connectivity index (χ2v) is 8.33. The van der Waals surface area contributed by atoms with Crippen LogP contribution in [-0.4, -0.2) is 61.4 Å². The Morgan fingerprint density at radius 3 is 2.43 bits per heavy atom. The number of carbonyl (C=O) groups is 2. The number of benzene rings is 2. The molecule has 0 radical (unpaired) electrons. The third-order valence-corrected chi connectivity index (χ3v) is 5.75. The molecular formula is C23H28BrN3O3. The summed E-state index contributed by atoms with van der Waals surface area (Å²) in [5, 5.41) is 2.93. The highest BCUT2D eigenvalue weighted by Crippen LogP contribution is 2.15. The summed E-state index contributed by atoms with van der Waals surface area (Å²) in [5.41, 5.74) is 1.92. The molecule has 30 heavy (non-hydrogen) atoms. The van der Waals surface area contributed by atoms with Crippen molar-refractivity contribution >= 4 is 33.4 Å². The smallest absolute Gasteiger partial charge is 0.238 e. The summed E-state index contributed by atoms with van der Waals surface area (Å²) in [6, 6.07) is 15.4. The Morgan fingerprint density at radius 2 is 1.73 bits per heavy atom. The van der Waals surface area contributed by atoms with Crippen molar-refractivity contribution in [2.45, 2.75) is 19.3 Å². The van der Waals surface area contributed by atoms with Crippen LogP contribution in [0, 0.1) is 0 Å². The molecule has 0 aromatic heterocycles. The van der Waals surface area contributed by atoms with Crippen LogP contribution in [0.5, 0.6) is 5.75 Å². The molecule has 1 fully saturated rings. The molecule has 7 heteroatoms. The van der Waals surface area contributed by atoms with Crippen LogP contribution in [0.3, 0.4) is 0 Å². The standard InChI is InChI=1S/C23H28BrN3O3/c1-30-21-10-3-18(4-11-21)5-12-23(29)27-14-2-13-26(15-16-27)17-22(28)25-20-8-6-19(24)7-9-20/h3-4,6-11H,2,5,12-17H2,1H3,(H,25,28). The minimum Gasteiger partial charge on any atom is -0.497 e. The van der Waals surface area contributed by atoms with Gasteiger partial charge in [-0.1, -0.05) is 28.1 Å². The maximum Gasteiger partial charge on any atom is 0.238 e. The first-order valence-electron chi connectivity index (χ1n) is 10.2. The number of aryl methyl sites for hydroxylation is 1. The summed E-state index contributed by atoms with van der Waals surface area (Å²) >= 11 is 3.39. The molecule has 1 heterocycles. The fourth-order valence-electron chi connectivity index (χ4n) is 3.52. The zero-order chi connectivity index (χ0) is 21.3. The summed E-state index contributed by atoms with van der Waals surface area (Å²) in [6.45, 7) is 3.27. The number of nitrogens with one attached hydrogen (secondary N) is 1. The summed E-state index contributed by atoms with van der Waals surface area (Å²) in [4.78, 5) is 29.0. The average molecular weight is 474 g/mol. The van der Waals surface area contributed by atoms with Crippen molar-refractivity contribution in [1.82, 2.24) is 9.80 Å². The predicted octanol–water partition coefficient (Wildman–Crippen LogP) is 3.56. The van der Waals surface area contributed by atoms with Crippen LogP contribution in [0.1, 0.15) is 18.4 Å². The number of hydrogen-bond donors (Lipinski definition) is 1. The van der Waals surface area contributed by atoms with Gasteiger partial charge in [0.2, 0.25) is 11.8 Å². The van der Waals surface area contributed by atoms with Gasteiger partial charge >= 0.3 is 0 Å². The number of carbonyl (C=O) groups excluding carboxylic acids is 2. The van der Waals surface area contributed by atoms with Gasteiger partial charge < -0.3 is 15.0 Å². The van der Waals surface area contributed by atoms with Crippen molar-refractivity contribution in [1.29, 1.82) is 0 Å². The second kappa shape index (κ2) is 11.1. The zero-order valence-electron chi connectivity index (χ0n) is 17.3. The van der Waals surface area contributed by atoms with E-state index in [2.05, 4.69) is 26.1 Å². The van der Waals surface area contributed by atoms with Crippen molar-refractivity contribution < 1.29 is 14.3 Å². The molecule has 1 aliphatic rings. The van der Waals surface area contributed by atoms with Gasteiger partial charge in [0.1, 0.15) is 5.75 Å². The Kier molecular flexibility index (Phi) is 8.28. The maximum atomic E-state index is 12.6. The van der Waals surface area contributed by atoms with E-state index in [1.165, 1.54) is 0 Å². The Bertz CT molecular complexity index is 840. The summed E-state index contributed by atoms with van der Waals surface area (Å²) in [7, 11) is 1.64. The van der Waals surface area contributed by atoms with Crippen molar-refractivity contribution in [3.63, 3.8) is 0 Å². The first-order valence-corrected chi connectivity index (χ1v) is 11.0. The van der Waals surface area contributed by atoms with E-state index in [4.69, 9.17) is 4.74 Å². The van der Waals surface area contributed by atoms with Crippen LogP contribution in [0.25, 0.3) is 0 Å². The number of rotatable bonds is 7. The molecule has 2 amide bonds. The maximum absolute atomic E-state index is 12.6. The molecule has 1 aliphatic heterocycles. The molecule has 6 nitrogen and oxygen atoms in total. The van der Waals surface area contributed by atoms with Gasteiger partial charge in [-0.25, -0.2) is 0 Å². The van der Waals surface area contributed by atoms with E-state index in [1.807, 2.05) is 53.4 Å². The van der Waals surface area contributed by atoms with Crippen LogP contribution >= 0.6 is 15.9 Å². The number of nitrogens with zero attached hydrogens (tertiary/aromatic N) is 2. The van der Waals surface area contributed by atoms with Gasteiger partial charge in [0.25, 0.3) is 0 Å². The van der Waals surface area contributed by atoms with E-state index in [0.29, 0.717) is 26.1 Å². The molecule has 160 valence electrons. The number of methoxy groups -OCH3 is 1. The topological polar surface area (TPSA) is 61.9 Å². The second-order valence-electron chi connectivity index (χ2n) is 7.41. The normalized spacial score (nSPS) is 14.8. The molecular weight excluding hydrogens is 446 g/mol. The first-order chi connectivity index (χ1) is 14.5. The van der Waals surface area contributed by atoms with Crippen LogP contribution in [-0.2, 0) is 16.0 Å². The first kappa shape index (κ1) is 22.3. The van der Waals surface area contributed by atoms with Gasteiger partial charge in [0.05, 0.1) is 13.7 Å². The number of halogens is 1. The largest absolute Gasteiger partial charge is 0.497 e. The highest BCUT2D eigenvalue weighted by molar-refractivity contribution is 9.10. The molecule has 0 atom stereocenters. The van der Waals surface area contributed by atoms with E-state index in [-0.39, 0.29) is 11.8 Å². The van der Waals surface area contributed by atoms with Crippen molar-refractivity contribution in [3.05, 3.63) is 58.6 Å². The lowest BCUT2D eigenvalue weighted by atomic mass is 10.1. The van der Waals surface area contributed by atoms with Gasteiger partial charge in [-0.2, -0.15) is 0 Å². The molecule has 0 unspecified atom stereocenters. The Labute approximate surface area is 186 Å². The van der Waals surface area contributed by atoms with Crippen LogP contribution in [0.2, 0.25) is 0 Å².